The lowest BCUT2D eigenvalue weighted by Crippen LogP contribution is -2.04. The topological polar surface area (TPSA) is 23.8 Å². The number of hydrogen-bond donors (Lipinski definition) is 0. The van der Waals surface area contributed by atoms with Crippen molar-refractivity contribution < 1.29 is 4.39 Å². The molecule has 0 bridgehead atoms. The molecule has 0 fully saturated rings. The monoisotopic (exact) mass is 347 g/mol. The minimum absolute atomic E-state index is 0.278. The predicted molar refractivity (Wildman–Crippen MR) is 107 cm³/mol. The molecular formula is C24H26FN. The van der Waals surface area contributed by atoms with Crippen LogP contribution in [0.15, 0.2) is 61.2 Å². The Morgan fingerprint density at radius 1 is 1.27 bits per heavy atom. The lowest BCUT2D eigenvalue weighted by molar-refractivity contribution is 0.510. The summed E-state index contributed by atoms with van der Waals surface area (Å²) in [4.78, 5) is 0. The number of hydrogen-bond acceptors (Lipinski definition) is 1. The van der Waals surface area contributed by atoms with Gasteiger partial charge in [-0.3, -0.25) is 0 Å². The van der Waals surface area contributed by atoms with Gasteiger partial charge in [-0.25, -0.2) is 4.39 Å². The molecule has 0 saturated carbocycles. The van der Waals surface area contributed by atoms with Crippen LogP contribution in [0.3, 0.4) is 0 Å². The van der Waals surface area contributed by atoms with Crippen LogP contribution >= 0.6 is 0 Å². The maximum absolute atomic E-state index is 14.0. The number of allylic oxidation sites excluding steroid dienone is 3. The molecule has 2 heteroatoms. The average Bonchev–Trinajstić information content (AvgIpc) is 2.66. The van der Waals surface area contributed by atoms with Crippen LogP contribution in [0.2, 0.25) is 0 Å². The second-order valence-electron chi connectivity index (χ2n) is 6.75. The Morgan fingerprint density at radius 3 is 2.73 bits per heavy atom. The number of aryl methyl sites for hydroxylation is 1. The van der Waals surface area contributed by atoms with E-state index in [9.17, 15) is 4.39 Å². The molecule has 0 aliphatic rings. The summed E-state index contributed by atoms with van der Waals surface area (Å²) in [6, 6.07) is 15.4. The lowest BCUT2D eigenvalue weighted by Gasteiger charge is -2.13. The van der Waals surface area contributed by atoms with Crippen LogP contribution in [0.25, 0.3) is 5.57 Å². The second kappa shape index (κ2) is 9.73. The number of nitriles is 1. The number of benzene rings is 2. The second-order valence-corrected chi connectivity index (χ2v) is 6.75. The summed E-state index contributed by atoms with van der Waals surface area (Å²) in [5.41, 5.74) is 4.89. The summed E-state index contributed by atoms with van der Waals surface area (Å²) in [5.74, 6) is 0.0931. The molecule has 0 aliphatic heterocycles. The van der Waals surface area contributed by atoms with Gasteiger partial charge in [0, 0.05) is 0 Å². The minimum Gasteiger partial charge on any atom is -0.207 e. The summed E-state index contributed by atoms with van der Waals surface area (Å²) < 4.78 is 14.0. The molecule has 0 aliphatic carbocycles. The zero-order valence-electron chi connectivity index (χ0n) is 15.6. The van der Waals surface area contributed by atoms with Crippen LogP contribution in [-0.4, -0.2) is 0 Å². The third-order valence-corrected chi connectivity index (χ3v) is 4.67. The third-order valence-electron chi connectivity index (χ3n) is 4.67. The van der Waals surface area contributed by atoms with Crippen molar-refractivity contribution in [3.63, 3.8) is 0 Å². The number of rotatable bonds is 8. The number of halogens is 1. The van der Waals surface area contributed by atoms with E-state index >= 15 is 0 Å². The van der Waals surface area contributed by atoms with E-state index in [1.54, 1.807) is 12.1 Å². The van der Waals surface area contributed by atoms with Gasteiger partial charge in [0.1, 0.15) is 5.82 Å². The fraction of sp³-hybridized carbons (Fsp3) is 0.292. The van der Waals surface area contributed by atoms with Crippen molar-refractivity contribution in [2.45, 2.75) is 39.5 Å². The standard InChI is InChI=1S/C24H26FN/c1-4-7-21(5-2)22-9-6-8-19(15-22)11-10-18(3)14-23-13-12-20(17-26)16-24(23)25/h4,6-9,12-13,15-16,18H,1,5,10-11,14H2,2-3H3/b21-7+. The Hall–Kier alpha value is -2.66. The minimum atomic E-state index is -0.278. The van der Waals surface area contributed by atoms with Crippen LogP contribution in [0.1, 0.15) is 48.9 Å². The molecule has 2 aromatic rings. The molecule has 0 amide bonds. The summed E-state index contributed by atoms with van der Waals surface area (Å²) in [5, 5.41) is 8.83. The Kier molecular flexibility index (Phi) is 7.36. The normalized spacial score (nSPS) is 12.5. The summed E-state index contributed by atoms with van der Waals surface area (Å²) >= 11 is 0. The maximum Gasteiger partial charge on any atom is 0.127 e. The first-order chi connectivity index (χ1) is 12.6. The molecule has 134 valence electrons. The van der Waals surface area contributed by atoms with Crippen LogP contribution in [-0.2, 0) is 12.8 Å². The van der Waals surface area contributed by atoms with Gasteiger partial charge in [0.05, 0.1) is 11.6 Å². The van der Waals surface area contributed by atoms with Crippen molar-refractivity contribution in [3.05, 3.63) is 89.3 Å². The smallest absolute Gasteiger partial charge is 0.127 e. The maximum atomic E-state index is 14.0. The van der Waals surface area contributed by atoms with Gasteiger partial charge in [-0.05, 0) is 66.0 Å². The lowest BCUT2D eigenvalue weighted by atomic mass is 9.92. The molecule has 0 aromatic heterocycles. The highest BCUT2D eigenvalue weighted by molar-refractivity contribution is 5.67. The largest absolute Gasteiger partial charge is 0.207 e. The Balaban J connectivity index is 1.99. The quantitative estimate of drug-likeness (QED) is 0.501. The molecule has 1 unspecified atom stereocenters. The van der Waals surface area contributed by atoms with Crippen LogP contribution in [0.5, 0.6) is 0 Å². The van der Waals surface area contributed by atoms with E-state index in [-0.39, 0.29) is 5.82 Å². The zero-order chi connectivity index (χ0) is 18.9. The van der Waals surface area contributed by atoms with E-state index < -0.39 is 0 Å². The van der Waals surface area contributed by atoms with E-state index in [4.69, 9.17) is 5.26 Å². The zero-order valence-corrected chi connectivity index (χ0v) is 15.6. The Bertz CT molecular complexity index is 826. The fourth-order valence-corrected chi connectivity index (χ4v) is 3.16. The molecule has 26 heavy (non-hydrogen) atoms. The predicted octanol–water partition coefficient (Wildman–Crippen LogP) is 6.49. The third kappa shape index (κ3) is 5.43. The Labute approximate surface area is 156 Å². The molecule has 0 radical (unpaired) electrons. The van der Waals surface area contributed by atoms with E-state index in [2.05, 4.69) is 50.8 Å². The van der Waals surface area contributed by atoms with E-state index in [1.165, 1.54) is 22.8 Å². The van der Waals surface area contributed by atoms with Gasteiger partial charge in [-0.1, -0.05) is 62.9 Å². The SMILES string of the molecule is C=C/C=C(\CC)c1cccc(CCC(C)Cc2ccc(C#N)cc2F)c1. The molecule has 1 atom stereocenters. The average molecular weight is 347 g/mol. The van der Waals surface area contributed by atoms with Gasteiger partial charge in [-0.2, -0.15) is 5.26 Å². The van der Waals surface area contributed by atoms with Crippen molar-refractivity contribution in [2.24, 2.45) is 5.92 Å². The molecule has 0 N–H and O–H groups in total. The van der Waals surface area contributed by atoms with Gasteiger partial charge in [0.2, 0.25) is 0 Å². The van der Waals surface area contributed by atoms with Crippen molar-refractivity contribution in [3.8, 4) is 6.07 Å². The summed E-state index contributed by atoms with van der Waals surface area (Å²) in [6.07, 6.45) is 7.53. The van der Waals surface area contributed by atoms with Gasteiger partial charge in [0.15, 0.2) is 0 Å². The molecule has 1 nitrogen and oxygen atoms in total. The Morgan fingerprint density at radius 2 is 2.08 bits per heavy atom. The fourth-order valence-electron chi connectivity index (χ4n) is 3.16. The molecule has 2 rings (SSSR count). The van der Waals surface area contributed by atoms with Crippen LogP contribution < -0.4 is 0 Å². The first kappa shape index (κ1) is 19.7. The van der Waals surface area contributed by atoms with Crippen LogP contribution in [0, 0.1) is 23.1 Å². The van der Waals surface area contributed by atoms with Gasteiger partial charge in [-0.15, -0.1) is 0 Å². The highest BCUT2D eigenvalue weighted by Gasteiger charge is 2.10. The summed E-state index contributed by atoms with van der Waals surface area (Å²) in [7, 11) is 0. The molecular weight excluding hydrogens is 321 g/mol. The van der Waals surface area contributed by atoms with Gasteiger partial charge < -0.3 is 0 Å². The first-order valence-electron chi connectivity index (χ1n) is 9.16. The van der Waals surface area contributed by atoms with Crippen molar-refractivity contribution in [1.29, 1.82) is 5.26 Å². The van der Waals surface area contributed by atoms with E-state index in [1.807, 2.05) is 12.1 Å². The van der Waals surface area contributed by atoms with Gasteiger partial charge in [0.25, 0.3) is 0 Å². The molecule has 0 heterocycles. The van der Waals surface area contributed by atoms with Crippen molar-refractivity contribution >= 4 is 5.57 Å². The first-order valence-corrected chi connectivity index (χ1v) is 9.16. The number of nitrogens with zero attached hydrogens (tertiary/aromatic N) is 1. The molecule has 0 saturated heterocycles. The van der Waals surface area contributed by atoms with Gasteiger partial charge >= 0.3 is 0 Å². The van der Waals surface area contributed by atoms with Crippen LogP contribution in [0.4, 0.5) is 4.39 Å². The molecule has 2 aromatic carbocycles. The van der Waals surface area contributed by atoms with Crippen molar-refractivity contribution in [2.75, 3.05) is 0 Å². The molecule has 0 spiro atoms. The highest BCUT2D eigenvalue weighted by atomic mass is 19.1. The van der Waals surface area contributed by atoms with Crippen molar-refractivity contribution in [1.82, 2.24) is 0 Å². The van der Waals surface area contributed by atoms with E-state index in [0.717, 1.165) is 19.3 Å². The highest BCUT2D eigenvalue weighted by Crippen LogP contribution is 2.22. The summed E-state index contributed by atoms with van der Waals surface area (Å²) in [6.45, 7) is 8.09. The van der Waals surface area contributed by atoms with E-state index in [0.29, 0.717) is 23.5 Å².